The Morgan fingerprint density at radius 3 is 1.69 bits per heavy atom. The molecule has 77 heavy (non-hydrogen) atoms. The summed E-state index contributed by atoms with van der Waals surface area (Å²) in [5.41, 5.74) is 21.7. The highest BCUT2D eigenvalue weighted by molar-refractivity contribution is 7.25. The number of para-hydroxylation sites is 2. The number of furan rings is 1. The van der Waals surface area contributed by atoms with Crippen LogP contribution in [-0.2, 0) is 10.8 Å². The number of hydrogen-bond acceptors (Lipinski definition) is 3. The molecule has 12 aromatic carbocycles. The van der Waals surface area contributed by atoms with Crippen LogP contribution in [0.5, 0.6) is 0 Å². The molecule has 0 aliphatic heterocycles. The van der Waals surface area contributed by atoms with Crippen LogP contribution in [0.15, 0.2) is 265 Å². The largest absolute Gasteiger partial charge is 0.455 e. The Hall–Kier alpha value is -9.28. The van der Waals surface area contributed by atoms with Crippen molar-refractivity contribution < 1.29 is 4.42 Å². The van der Waals surface area contributed by atoms with Gasteiger partial charge in [-0.15, -0.1) is 11.3 Å². The molecule has 3 heteroatoms. The minimum Gasteiger partial charge on any atom is -0.455 e. The molecule has 0 bridgehead atoms. The molecule has 2 aliphatic rings. The van der Waals surface area contributed by atoms with E-state index < -0.39 is 5.41 Å². The average Bonchev–Trinajstić information content (AvgIpc) is 4.40. The van der Waals surface area contributed by atoms with Gasteiger partial charge in [0.25, 0.3) is 0 Å². The lowest BCUT2D eigenvalue weighted by molar-refractivity contribution is 0.660. The van der Waals surface area contributed by atoms with Crippen LogP contribution in [0.25, 0.3) is 97.4 Å². The van der Waals surface area contributed by atoms with Crippen molar-refractivity contribution >= 4 is 81.3 Å². The topological polar surface area (TPSA) is 16.4 Å². The molecule has 2 aromatic heterocycles. The van der Waals surface area contributed by atoms with Crippen molar-refractivity contribution in [3.05, 3.63) is 294 Å². The van der Waals surface area contributed by atoms with Crippen molar-refractivity contribution in [2.45, 2.75) is 24.7 Å². The van der Waals surface area contributed by atoms with E-state index >= 15 is 0 Å². The van der Waals surface area contributed by atoms with Gasteiger partial charge in [-0.25, -0.2) is 0 Å². The highest BCUT2D eigenvalue weighted by Gasteiger charge is 2.47. The molecule has 2 nitrogen and oxygen atoms in total. The molecule has 0 amide bonds. The van der Waals surface area contributed by atoms with Crippen LogP contribution in [-0.4, -0.2) is 0 Å². The van der Waals surface area contributed by atoms with Crippen LogP contribution in [0.4, 0.5) is 17.1 Å². The first kappa shape index (κ1) is 44.1. The van der Waals surface area contributed by atoms with Crippen LogP contribution in [0, 0.1) is 0 Å². The Labute approximate surface area is 451 Å². The van der Waals surface area contributed by atoms with E-state index in [1.165, 1.54) is 97.7 Å². The molecule has 362 valence electrons. The first-order valence-electron chi connectivity index (χ1n) is 26.7. The predicted octanol–water partition coefficient (Wildman–Crippen LogP) is 20.6. The second kappa shape index (κ2) is 16.6. The number of anilines is 3. The highest BCUT2D eigenvalue weighted by Crippen LogP contribution is 2.59. The summed E-state index contributed by atoms with van der Waals surface area (Å²) >= 11 is 1.88. The number of thiophene rings is 1. The molecule has 2 heterocycles. The van der Waals surface area contributed by atoms with Gasteiger partial charge in [-0.2, -0.15) is 0 Å². The molecule has 16 rings (SSSR count). The molecule has 0 saturated carbocycles. The molecular formula is C74H49NOS. The molecular weight excluding hydrogens is 951 g/mol. The zero-order valence-electron chi connectivity index (χ0n) is 42.6. The Morgan fingerprint density at radius 2 is 0.870 bits per heavy atom. The van der Waals surface area contributed by atoms with Gasteiger partial charge in [0.05, 0.1) is 5.41 Å². The normalized spacial score (nSPS) is 15.0. The lowest BCUT2D eigenvalue weighted by Crippen LogP contribution is -2.28. The fraction of sp³-hybridized carbons (Fsp3) is 0.0541. The van der Waals surface area contributed by atoms with Crippen LogP contribution in [0.1, 0.15) is 47.2 Å². The van der Waals surface area contributed by atoms with Gasteiger partial charge in [-0.1, -0.05) is 220 Å². The Kier molecular flexibility index (Phi) is 9.50. The lowest BCUT2D eigenvalue weighted by Gasteiger charge is -2.35. The summed E-state index contributed by atoms with van der Waals surface area (Å²) in [6.07, 6.45) is 0. The van der Waals surface area contributed by atoms with Crippen LogP contribution in [0.3, 0.4) is 0 Å². The number of fused-ring (bicyclic) bond motifs is 13. The second-order valence-electron chi connectivity index (χ2n) is 21.5. The van der Waals surface area contributed by atoms with Gasteiger partial charge in [0.15, 0.2) is 0 Å². The van der Waals surface area contributed by atoms with Crippen molar-refractivity contribution in [1.82, 2.24) is 0 Å². The number of nitrogens with zero attached hydrogens (tertiary/aromatic N) is 1. The van der Waals surface area contributed by atoms with Gasteiger partial charge in [0, 0.05) is 59.0 Å². The first-order valence-corrected chi connectivity index (χ1v) is 27.5. The number of rotatable bonds is 7. The number of benzene rings is 12. The van der Waals surface area contributed by atoms with Gasteiger partial charge < -0.3 is 9.32 Å². The van der Waals surface area contributed by atoms with Crippen molar-refractivity contribution in [2.75, 3.05) is 4.90 Å². The zero-order valence-corrected chi connectivity index (χ0v) is 43.4. The molecule has 2 aliphatic carbocycles. The Bertz CT molecular complexity index is 4720. The van der Waals surface area contributed by atoms with E-state index in [1.807, 2.05) is 17.4 Å². The summed E-state index contributed by atoms with van der Waals surface area (Å²) in [5, 5.41) is 7.35. The van der Waals surface area contributed by atoms with E-state index in [1.54, 1.807) is 0 Å². The smallest absolute Gasteiger partial charge is 0.143 e. The maximum Gasteiger partial charge on any atom is 0.143 e. The van der Waals surface area contributed by atoms with E-state index in [0.717, 1.165) is 50.1 Å². The van der Waals surface area contributed by atoms with E-state index in [0.29, 0.717) is 0 Å². The van der Waals surface area contributed by atoms with Gasteiger partial charge in [0.1, 0.15) is 11.2 Å². The van der Waals surface area contributed by atoms with Gasteiger partial charge in [0.2, 0.25) is 0 Å². The minimum atomic E-state index is -0.679. The Balaban J connectivity index is 0.925. The summed E-state index contributed by atoms with van der Waals surface area (Å²) in [7, 11) is 0. The van der Waals surface area contributed by atoms with Crippen molar-refractivity contribution in [3.63, 3.8) is 0 Å². The molecule has 0 spiro atoms. The summed E-state index contributed by atoms with van der Waals surface area (Å²) in [5.74, 6) is 0. The van der Waals surface area contributed by atoms with E-state index in [9.17, 15) is 0 Å². The third kappa shape index (κ3) is 6.42. The predicted molar refractivity (Wildman–Crippen MR) is 325 cm³/mol. The molecule has 1 unspecified atom stereocenters. The van der Waals surface area contributed by atoms with Crippen molar-refractivity contribution in [1.29, 1.82) is 0 Å². The fourth-order valence-corrected chi connectivity index (χ4v) is 14.7. The second-order valence-corrected chi connectivity index (χ2v) is 22.6. The Morgan fingerprint density at radius 1 is 0.338 bits per heavy atom. The average molecular weight is 1000 g/mol. The number of hydrogen-bond donors (Lipinski definition) is 0. The minimum absolute atomic E-state index is 0.173. The molecule has 14 aromatic rings. The standard InChI is InChI=1S/C74H49NOS/c1-73(2)65-25-9-5-18-57(65)59-41-38-52(44-67(59)73)75(51-36-31-47(32-37-51)55-22-13-16-46-15-3-4-17-54(46)55)53-39-42-60-58-19-6-10-26-66(58)74(68(60)45-53,50-35-40-63-62-21-8-12-28-70(62)77-71(63)43-50)49-33-29-48(30-34-49)56-23-14-24-64-61-20-7-11-27-69(61)76-72(56)64/h3-45H,1-2H3. The monoisotopic (exact) mass is 999 g/mol. The van der Waals surface area contributed by atoms with Crippen LogP contribution < -0.4 is 4.90 Å². The zero-order chi connectivity index (χ0) is 51.0. The summed E-state index contributed by atoms with van der Waals surface area (Å²) < 4.78 is 9.21. The SMILES string of the molecule is CC1(C)c2ccccc2-c2ccc(N(c3ccc(-c4cccc5ccccc45)cc3)c3ccc4c(c3)C(c3ccc(-c5cccc6c5oc5ccccc56)cc3)(c3ccc5c(c3)sc3ccccc35)c3ccccc3-4)cc21. The summed E-state index contributed by atoms with van der Waals surface area (Å²) in [6, 6.07) is 97.4. The summed E-state index contributed by atoms with van der Waals surface area (Å²) in [4.78, 5) is 2.49. The molecule has 0 fully saturated rings. The van der Waals surface area contributed by atoms with Gasteiger partial charge in [-0.3, -0.25) is 0 Å². The fourth-order valence-electron chi connectivity index (χ4n) is 13.6. The molecule has 0 N–H and O–H groups in total. The van der Waals surface area contributed by atoms with E-state index in [2.05, 4.69) is 274 Å². The third-order valence-electron chi connectivity index (χ3n) is 17.2. The third-order valence-corrected chi connectivity index (χ3v) is 18.3. The molecule has 1 atom stereocenters. The quantitative estimate of drug-likeness (QED) is 0.158. The molecule has 0 saturated heterocycles. The molecule has 0 radical (unpaired) electrons. The van der Waals surface area contributed by atoms with E-state index in [-0.39, 0.29) is 5.41 Å². The van der Waals surface area contributed by atoms with Gasteiger partial charge >= 0.3 is 0 Å². The highest BCUT2D eigenvalue weighted by atomic mass is 32.1. The van der Waals surface area contributed by atoms with Crippen molar-refractivity contribution in [3.8, 4) is 44.5 Å². The maximum atomic E-state index is 6.62. The van der Waals surface area contributed by atoms with E-state index in [4.69, 9.17) is 4.42 Å². The first-order chi connectivity index (χ1) is 37.9. The van der Waals surface area contributed by atoms with Crippen LogP contribution in [0.2, 0.25) is 0 Å². The summed E-state index contributed by atoms with van der Waals surface area (Å²) in [6.45, 7) is 4.75. The van der Waals surface area contributed by atoms with Crippen molar-refractivity contribution in [2.24, 2.45) is 0 Å². The van der Waals surface area contributed by atoms with Crippen LogP contribution >= 0.6 is 11.3 Å². The van der Waals surface area contributed by atoms with Gasteiger partial charge in [-0.05, 0) is 138 Å². The lowest BCUT2D eigenvalue weighted by atomic mass is 9.67. The maximum absolute atomic E-state index is 6.62.